The summed E-state index contributed by atoms with van der Waals surface area (Å²) in [6.07, 6.45) is 0.253. The third-order valence-corrected chi connectivity index (χ3v) is 4.51. The molecule has 1 fully saturated rings. The van der Waals surface area contributed by atoms with E-state index in [-0.39, 0.29) is 24.2 Å². The number of benzene rings is 2. The van der Waals surface area contributed by atoms with Gasteiger partial charge in [-0.25, -0.2) is 0 Å². The Morgan fingerprint density at radius 1 is 1.23 bits per heavy atom. The fraction of sp³-hybridized carbons (Fsp3) is 0.333. The Labute approximate surface area is 154 Å². The van der Waals surface area contributed by atoms with Crippen LogP contribution in [0.25, 0.3) is 0 Å². The first-order chi connectivity index (χ1) is 12.6. The maximum Gasteiger partial charge on any atom is 0.227 e. The molecular formula is C21H24N2O3. The molecule has 136 valence electrons. The van der Waals surface area contributed by atoms with Crippen molar-refractivity contribution in [2.24, 2.45) is 5.92 Å². The highest BCUT2D eigenvalue weighted by Crippen LogP contribution is 2.26. The van der Waals surface area contributed by atoms with Crippen LogP contribution < -0.4 is 15.0 Å². The van der Waals surface area contributed by atoms with Gasteiger partial charge in [0.25, 0.3) is 0 Å². The summed E-state index contributed by atoms with van der Waals surface area (Å²) in [7, 11) is 0. The maximum atomic E-state index is 12.5. The standard InChI is InChI=1S/C21H24N2O3/c1-3-26-19-9-7-16(8-10-19)13-22-21(25)17-12-20(24)23(14-17)18-6-4-5-15(2)11-18/h4-11,17H,3,12-14H2,1-2H3,(H,22,25)/t17-/m1/s1. The molecule has 0 aliphatic carbocycles. The summed E-state index contributed by atoms with van der Waals surface area (Å²) >= 11 is 0. The molecule has 2 aromatic carbocycles. The van der Waals surface area contributed by atoms with Crippen molar-refractivity contribution >= 4 is 17.5 Å². The highest BCUT2D eigenvalue weighted by atomic mass is 16.5. The second kappa shape index (κ2) is 8.04. The van der Waals surface area contributed by atoms with Gasteiger partial charge in [-0.1, -0.05) is 24.3 Å². The number of aryl methyl sites for hydroxylation is 1. The molecule has 1 aliphatic rings. The quantitative estimate of drug-likeness (QED) is 0.869. The summed E-state index contributed by atoms with van der Waals surface area (Å²) in [5.74, 6) is 0.419. The monoisotopic (exact) mass is 352 g/mol. The third kappa shape index (κ3) is 4.23. The van der Waals surface area contributed by atoms with E-state index in [1.807, 2.05) is 62.4 Å². The van der Waals surface area contributed by atoms with Crippen molar-refractivity contribution in [3.8, 4) is 5.75 Å². The van der Waals surface area contributed by atoms with Crippen LogP contribution in [0.15, 0.2) is 48.5 Å². The molecule has 1 atom stereocenters. The number of rotatable bonds is 6. The SMILES string of the molecule is CCOc1ccc(CNC(=O)[C@@H]2CC(=O)N(c3cccc(C)c3)C2)cc1. The minimum atomic E-state index is -0.314. The van der Waals surface area contributed by atoms with Crippen molar-refractivity contribution in [1.82, 2.24) is 5.32 Å². The first-order valence-corrected chi connectivity index (χ1v) is 8.93. The van der Waals surface area contributed by atoms with E-state index >= 15 is 0 Å². The smallest absolute Gasteiger partial charge is 0.227 e. The van der Waals surface area contributed by atoms with Crippen molar-refractivity contribution in [1.29, 1.82) is 0 Å². The molecule has 1 N–H and O–H groups in total. The molecule has 2 aromatic rings. The molecule has 0 radical (unpaired) electrons. The van der Waals surface area contributed by atoms with E-state index in [4.69, 9.17) is 4.74 Å². The minimum Gasteiger partial charge on any atom is -0.494 e. The zero-order valence-electron chi connectivity index (χ0n) is 15.2. The molecule has 5 nitrogen and oxygen atoms in total. The van der Waals surface area contributed by atoms with Crippen LogP contribution in [-0.4, -0.2) is 25.0 Å². The Hall–Kier alpha value is -2.82. The molecule has 1 saturated heterocycles. The predicted octanol–water partition coefficient (Wildman–Crippen LogP) is 3.06. The van der Waals surface area contributed by atoms with Gasteiger partial charge in [0, 0.05) is 25.2 Å². The number of carbonyl (C=O) groups is 2. The van der Waals surface area contributed by atoms with Crippen LogP contribution in [0.2, 0.25) is 0 Å². The highest BCUT2D eigenvalue weighted by Gasteiger charge is 2.34. The van der Waals surface area contributed by atoms with E-state index < -0.39 is 0 Å². The Bertz CT molecular complexity index is 786. The van der Waals surface area contributed by atoms with Crippen LogP contribution in [0.4, 0.5) is 5.69 Å². The first-order valence-electron chi connectivity index (χ1n) is 8.93. The number of ether oxygens (including phenoxy) is 1. The Kier molecular flexibility index (Phi) is 5.56. The normalized spacial score (nSPS) is 16.6. The molecule has 0 bridgehead atoms. The molecule has 1 heterocycles. The zero-order valence-corrected chi connectivity index (χ0v) is 15.2. The van der Waals surface area contributed by atoms with Gasteiger partial charge in [0.05, 0.1) is 12.5 Å². The summed E-state index contributed by atoms with van der Waals surface area (Å²) in [5.41, 5.74) is 2.96. The molecule has 5 heteroatoms. The van der Waals surface area contributed by atoms with Crippen LogP contribution >= 0.6 is 0 Å². The average molecular weight is 352 g/mol. The molecule has 0 aromatic heterocycles. The number of hydrogen-bond acceptors (Lipinski definition) is 3. The van der Waals surface area contributed by atoms with Crippen LogP contribution in [0.1, 0.15) is 24.5 Å². The summed E-state index contributed by atoms with van der Waals surface area (Å²) in [6.45, 7) is 5.43. The van der Waals surface area contributed by atoms with Crippen LogP contribution in [-0.2, 0) is 16.1 Å². The first kappa shape index (κ1) is 18.0. The maximum absolute atomic E-state index is 12.5. The van der Waals surface area contributed by atoms with Gasteiger partial charge in [-0.05, 0) is 49.2 Å². The number of anilines is 1. The van der Waals surface area contributed by atoms with Crippen molar-refractivity contribution in [3.63, 3.8) is 0 Å². The van der Waals surface area contributed by atoms with Gasteiger partial charge >= 0.3 is 0 Å². The molecular weight excluding hydrogens is 328 g/mol. The number of nitrogens with zero attached hydrogens (tertiary/aromatic N) is 1. The zero-order chi connectivity index (χ0) is 18.5. The van der Waals surface area contributed by atoms with E-state index in [2.05, 4.69) is 5.32 Å². The Morgan fingerprint density at radius 3 is 2.69 bits per heavy atom. The highest BCUT2D eigenvalue weighted by molar-refractivity contribution is 6.00. The molecule has 0 saturated carbocycles. The lowest BCUT2D eigenvalue weighted by molar-refractivity contribution is -0.126. The summed E-state index contributed by atoms with van der Waals surface area (Å²) < 4.78 is 5.41. The van der Waals surface area contributed by atoms with Crippen LogP contribution in [0, 0.1) is 12.8 Å². The second-order valence-corrected chi connectivity index (χ2v) is 6.54. The van der Waals surface area contributed by atoms with Crippen LogP contribution in [0.3, 0.4) is 0 Å². The van der Waals surface area contributed by atoms with Crippen molar-refractivity contribution in [2.45, 2.75) is 26.8 Å². The van der Waals surface area contributed by atoms with Crippen molar-refractivity contribution in [2.75, 3.05) is 18.1 Å². The van der Waals surface area contributed by atoms with Crippen molar-refractivity contribution in [3.05, 3.63) is 59.7 Å². The molecule has 1 aliphatic heterocycles. The van der Waals surface area contributed by atoms with Gasteiger partial charge in [-0.2, -0.15) is 0 Å². The molecule has 3 rings (SSSR count). The van der Waals surface area contributed by atoms with E-state index in [1.165, 1.54) is 0 Å². The summed E-state index contributed by atoms with van der Waals surface area (Å²) in [5, 5.41) is 2.94. The number of hydrogen-bond donors (Lipinski definition) is 1. The van der Waals surface area contributed by atoms with Crippen LogP contribution in [0.5, 0.6) is 5.75 Å². The minimum absolute atomic E-state index is 0.00295. The lowest BCUT2D eigenvalue weighted by atomic mass is 10.1. The largest absolute Gasteiger partial charge is 0.494 e. The van der Waals surface area contributed by atoms with E-state index in [9.17, 15) is 9.59 Å². The molecule has 2 amide bonds. The predicted molar refractivity (Wildman–Crippen MR) is 101 cm³/mol. The second-order valence-electron chi connectivity index (χ2n) is 6.54. The van der Waals surface area contributed by atoms with Crippen molar-refractivity contribution < 1.29 is 14.3 Å². The summed E-state index contributed by atoms with van der Waals surface area (Å²) in [4.78, 5) is 26.5. The Balaban J connectivity index is 1.56. The molecule has 0 spiro atoms. The van der Waals surface area contributed by atoms with Gasteiger partial charge in [0.2, 0.25) is 11.8 Å². The summed E-state index contributed by atoms with van der Waals surface area (Å²) in [6, 6.07) is 15.5. The van der Waals surface area contributed by atoms with Gasteiger partial charge in [-0.3, -0.25) is 9.59 Å². The van der Waals surface area contributed by atoms with Gasteiger partial charge in [-0.15, -0.1) is 0 Å². The van der Waals surface area contributed by atoms with E-state index in [0.717, 1.165) is 22.6 Å². The molecule has 26 heavy (non-hydrogen) atoms. The van der Waals surface area contributed by atoms with Gasteiger partial charge < -0.3 is 15.0 Å². The fourth-order valence-corrected chi connectivity index (χ4v) is 3.13. The number of nitrogens with one attached hydrogen (secondary N) is 1. The van der Waals surface area contributed by atoms with E-state index in [0.29, 0.717) is 19.7 Å². The lowest BCUT2D eigenvalue weighted by Gasteiger charge is -2.17. The van der Waals surface area contributed by atoms with Gasteiger partial charge in [0.15, 0.2) is 0 Å². The topological polar surface area (TPSA) is 58.6 Å². The fourth-order valence-electron chi connectivity index (χ4n) is 3.13. The third-order valence-electron chi connectivity index (χ3n) is 4.51. The number of carbonyl (C=O) groups excluding carboxylic acids is 2. The number of amides is 2. The van der Waals surface area contributed by atoms with Gasteiger partial charge in [0.1, 0.15) is 5.75 Å². The lowest BCUT2D eigenvalue weighted by Crippen LogP contribution is -2.32. The average Bonchev–Trinajstić information content (AvgIpc) is 3.03. The molecule has 0 unspecified atom stereocenters. The Morgan fingerprint density at radius 2 is 2.00 bits per heavy atom. The van der Waals surface area contributed by atoms with E-state index in [1.54, 1.807) is 4.90 Å².